The van der Waals surface area contributed by atoms with E-state index >= 15 is 0 Å². The van der Waals surface area contributed by atoms with Crippen LogP contribution in [0.3, 0.4) is 0 Å². The van der Waals surface area contributed by atoms with Gasteiger partial charge in [0.1, 0.15) is 5.82 Å². The van der Waals surface area contributed by atoms with E-state index in [1.807, 2.05) is 31.3 Å². The van der Waals surface area contributed by atoms with Gasteiger partial charge >= 0.3 is 0 Å². The zero-order valence-corrected chi connectivity index (χ0v) is 14.2. The van der Waals surface area contributed by atoms with E-state index in [4.69, 9.17) is 4.74 Å². The molecule has 1 N–H and O–H groups in total. The normalized spacial score (nSPS) is 16.8. The van der Waals surface area contributed by atoms with Crippen molar-refractivity contribution in [3.05, 3.63) is 42.2 Å². The van der Waals surface area contributed by atoms with Crippen molar-refractivity contribution in [2.45, 2.75) is 13.0 Å². The third kappa shape index (κ3) is 3.66. The summed E-state index contributed by atoms with van der Waals surface area (Å²) in [5.41, 5.74) is 1.50. The second-order valence-electron chi connectivity index (χ2n) is 6.17. The molecular weight excluding hydrogens is 304 g/mol. The molecule has 1 amide bonds. The molecule has 128 valence electrons. The molecular formula is C18H24N4O2. The first-order chi connectivity index (χ1) is 11.7. The van der Waals surface area contributed by atoms with Gasteiger partial charge in [0.2, 0.25) is 0 Å². The Labute approximate surface area is 142 Å². The number of amides is 1. The number of nitrogens with zero attached hydrogens (tertiary/aromatic N) is 3. The van der Waals surface area contributed by atoms with Crippen molar-refractivity contribution in [3.8, 4) is 11.4 Å². The summed E-state index contributed by atoms with van der Waals surface area (Å²) in [6.07, 6.45) is 3.46. The van der Waals surface area contributed by atoms with E-state index in [1.54, 1.807) is 17.3 Å². The van der Waals surface area contributed by atoms with Crippen LogP contribution in [0.4, 0.5) is 0 Å². The van der Waals surface area contributed by atoms with Crippen molar-refractivity contribution >= 4 is 5.91 Å². The van der Waals surface area contributed by atoms with Crippen molar-refractivity contribution in [2.24, 2.45) is 0 Å². The molecule has 6 nitrogen and oxygen atoms in total. The fraction of sp³-hybridized carbons (Fsp3) is 0.444. The highest BCUT2D eigenvalue weighted by atomic mass is 16.5. The summed E-state index contributed by atoms with van der Waals surface area (Å²) in [6, 6.07) is 7.89. The average Bonchev–Trinajstić information content (AvgIpc) is 3.16. The number of morpholine rings is 1. The van der Waals surface area contributed by atoms with Crippen LogP contribution >= 0.6 is 0 Å². The highest BCUT2D eigenvalue weighted by molar-refractivity contribution is 6.00. The van der Waals surface area contributed by atoms with E-state index < -0.39 is 0 Å². The van der Waals surface area contributed by atoms with Gasteiger partial charge in [0, 0.05) is 50.7 Å². The minimum absolute atomic E-state index is 0.0158. The van der Waals surface area contributed by atoms with Gasteiger partial charge in [0.15, 0.2) is 0 Å². The molecule has 1 aliphatic heterocycles. The Morgan fingerprint density at radius 3 is 2.83 bits per heavy atom. The maximum absolute atomic E-state index is 12.9. The molecule has 0 saturated carbocycles. The lowest BCUT2D eigenvalue weighted by atomic mass is 10.1. The van der Waals surface area contributed by atoms with E-state index in [2.05, 4.69) is 21.8 Å². The number of hydrogen-bond acceptors (Lipinski definition) is 4. The van der Waals surface area contributed by atoms with Crippen molar-refractivity contribution < 1.29 is 9.53 Å². The molecule has 1 aliphatic rings. The molecule has 0 radical (unpaired) electrons. The van der Waals surface area contributed by atoms with Gasteiger partial charge in [-0.05, 0) is 13.0 Å². The van der Waals surface area contributed by atoms with Crippen LogP contribution in [-0.2, 0) is 4.74 Å². The van der Waals surface area contributed by atoms with Gasteiger partial charge in [-0.15, -0.1) is 0 Å². The second kappa shape index (κ2) is 7.59. The topological polar surface area (TPSA) is 61.5 Å². The summed E-state index contributed by atoms with van der Waals surface area (Å²) in [7, 11) is 1.86. The molecule has 2 heterocycles. The molecule has 0 unspecified atom stereocenters. The first-order valence-electron chi connectivity index (χ1n) is 8.33. The number of nitrogens with one attached hydrogen (secondary N) is 1. The molecule has 24 heavy (non-hydrogen) atoms. The highest BCUT2D eigenvalue weighted by Crippen LogP contribution is 2.21. The fourth-order valence-corrected chi connectivity index (χ4v) is 3.11. The second-order valence-corrected chi connectivity index (χ2v) is 6.17. The molecule has 0 spiro atoms. The lowest BCUT2D eigenvalue weighted by molar-refractivity contribution is 0.0142. The van der Waals surface area contributed by atoms with Gasteiger partial charge < -0.3 is 14.6 Å². The number of H-pyrrole nitrogens is 1. The lowest BCUT2D eigenvalue weighted by Crippen LogP contribution is -2.47. The first-order valence-corrected chi connectivity index (χ1v) is 8.33. The number of imidazole rings is 1. The van der Waals surface area contributed by atoms with Crippen molar-refractivity contribution in [3.63, 3.8) is 0 Å². The quantitative estimate of drug-likeness (QED) is 0.910. The Morgan fingerprint density at radius 2 is 2.12 bits per heavy atom. The number of ether oxygens (including phenoxy) is 1. The number of benzene rings is 1. The first kappa shape index (κ1) is 16.7. The predicted octanol–water partition coefficient (Wildman–Crippen LogP) is 1.87. The Hall–Kier alpha value is -2.18. The molecule has 3 rings (SSSR count). The Balaban J connectivity index is 1.72. The Kier molecular flexibility index (Phi) is 5.27. The van der Waals surface area contributed by atoms with E-state index in [9.17, 15) is 4.79 Å². The molecule has 1 saturated heterocycles. The van der Waals surface area contributed by atoms with Gasteiger partial charge in [-0.2, -0.15) is 0 Å². The van der Waals surface area contributed by atoms with Crippen LogP contribution in [0.5, 0.6) is 0 Å². The number of aromatic amines is 1. The maximum atomic E-state index is 12.9. The largest absolute Gasteiger partial charge is 0.379 e. The SMILES string of the molecule is C[C@@H](CN(C)C(=O)c1ccccc1-c1ncc[nH]1)N1CCOCC1. The Bertz CT molecular complexity index is 665. The fourth-order valence-electron chi connectivity index (χ4n) is 3.11. The van der Waals surface area contributed by atoms with Crippen molar-refractivity contribution in [1.29, 1.82) is 0 Å². The van der Waals surface area contributed by atoms with E-state index in [-0.39, 0.29) is 5.91 Å². The number of carbonyl (C=O) groups is 1. The standard InChI is InChI=1S/C18H24N4O2/c1-14(22-9-11-24-12-10-22)13-21(2)18(23)16-6-4-3-5-15(16)17-19-7-8-20-17/h3-8,14H,9-13H2,1-2H3,(H,19,20)/t14-/m0/s1. The van der Waals surface area contributed by atoms with Gasteiger partial charge in [-0.1, -0.05) is 18.2 Å². The number of hydrogen-bond donors (Lipinski definition) is 1. The van der Waals surface area contributed by atoms with E-state index in [0.717, 1.165) is 31.9 Å². The van der Waals surface area contributed by atoms with Crippen LogP contribution in [0.15, 0.2) is 36.7 Å². The van der Waals surface area contributed by atoms with E-state index in [1.165, 1.54) is 0 Å². The molecule has 1 atom stereocenters. The minimum Gasteiger partial charge on any atom is -0.379 e. The molecule has 1 aromatic carbocycles. The molecule has 0 aliphatic carbocycles. The summed E-state index contributed by atoms with van der Waals surface area (Å²) >= 11 is 0. The van der Waals surface area contributed by atoms with Gasteiger partial charge in [0.05, 0.1) is 18.8 Å². The van der Waals surface area contributed by atoms with Crippen LogP contribution in [0, 0.1) is 0 Å². The third-order valence-electron chi connectivity index (χ3n) is 4.46. The van der Waals surface area contributed by atoms with Crippen LogP contribution in [0.1, 0.15) is 17.3 Å². The summed E-state index contributed by atoms with van der Waals surface area (Å²) in [4.78, 5) is 24.4. The van der Waals surface area contributed by atoms with Gasteiger partial charge in [0.25, 0.3) is 5.91 Å². The number of rotatable bonds is 5. The molecule has 6 heteroatoms. The third-order valence-corrected chi connectivity index (χ3v) is 4.46. The van der Waals surface area contributed by atoms with Crippen LogP contribution in [0.2, 0.25) is 0 Å². The maximum Gasteiger partial charge on any atom is 0.254 e. The number of likely N-dealkylation sites (N-methyl/N-ethyl adjacent to an activating group) is 1. The summed E-state index contributed by atoms with van der Waals surface area (Å²) in [6.45, 7) is 6.23. The zero-order valence-electron chi connectivity index (χ0n) is 14.2. The predicted molar refractivity (Wildman–Crippen MR) is 92.8 cm³/mol. The summed E-state index contributed by atoms with van der Waals surface area (Å²) in [5, 5.41) is 0. The number of aromatic nitrogens is 2. The lowest BCUT2D eigenvalue weighted by Gasteiger charge is -2.34. The number of carbonyl (C=O) groups excluding carboxylic acids is 1. The van der Waals surface area contributed by atoms with Crippen LogP contribution in [0.25, 0.3) is 11.4 Å². The zero-order chi connectivity index (χ0) is 16.9. The average molecular weight is 328 g/mol. The monoisotopic (exact) mass is 328 g/mol. The minimum atomic E-state index is 0.0158. The molecule has 1 fully saturated rings. The summed E-state index contributed by atoms with van der Waals surface area (Å²) < 4.78 is 5.40. The van der Waals surface area contributed by atoms with Gasteiger partial charge in [-0.25, -0.2) is 4.98 Å². The van der Waals surface area contributed by atoms with Crippen LogP contribution < -0.4 is 0 Å². The van der Waals surface area contributed by atoms with Gasteiger partial charge in [-0.3, -0.25) is 9.69 Å². The summed E-state index contributed by atoms with van der Waals surface area (Å²) in [5.74, 6) is 0.732. The van der Waals surface area contributed by atoms with E-state index in [0.29, 0.717) is 24.0 Å². The molecule has 1 aromatic heterocycles. The van der Waals surface area contributed by atoms with Crippen molar-refractivity contribution in [1.82, 2.24) is 19.8 Å². The Morgan fingerprint density at radius 1 is 1.38 bits per heavy atom. The molecule has 0 bridgehead atoms. The highest BCUT2D eigenvalue weighted by Gasteiger charge is 2.22. The van der Waals surface area contributed by atoms with Crippen molar-refractivity contribution in [2.75, 3.05) is 39.9 Å². The van der Waals surface area contributed by atoms with Crippen LogP contribution in [-0.4, -0.2) is 71.6 Å². The smallest absolute Gasteiger partial charge is 0.254 e. The molecule has 2 aromatic rings.